The standard InChI is InChI=1S/C13H20FNO/c1-4-11(5-2)16-13-7-6-10(14)8-12(13)9(3)15/h6-9,11H,4-5,15H2,1-3H3/t9-/m1/s1. The summed E-state index contributed by atoms with van der Waals surface area (Å²) in [5, 5.41) is 0. The molecule has 16 heavy (non-hydrogen) atoms. The minimum Gasteiger partial charge on any atom is -0.490 e. The SMILES string of the molecule is CCC(CC)Oc1ccc(F)cc1[C@@H](C)N. The average Bonchev–Trinajstić information content (AvgIpc) is 2.27. The van der Waals surface area contributed by atoms with Crippen LogP contribution < -0.4 is 10.5 Å². The molecule has 0 amide bonds. The van der Waals surface area contributed by atoms with Gasteiger partial charge < -0.3 is 10.5 Å². The highest BCUT2D eigenvalue weighted by Gasteiger charge is 2.12. The first-order valence-electron chi connectivity index (χ1n) is 5.80. The molecular weight excluding hydrogens is 205 g/mol. The smallest absolute Gasteiger partial charge is 0.124 e. The minimum atomic E-state index is -0.274. The van der Waals surface area contributed by atoms with Crippen LogP contribution in [0.5, 0.6) is 5.75 Å². The summed E-state index contributed by atoms with van der Waals surface area (Å²) in [6.07, 6.45) is 2.04. The fourth-order valence-corrected chi connectivity index (χ4v) is 1.62. The number of rotatable bonds is 5. The molecule has 0 aromatic heterocycles. The predicted octanol–water partition coefficient (Wildman–Crippen LogP) is 3.41. The lowest BCUT2D eigenvalue weighted by Crippen LogP contribution is -2.16. The predicted molar refractivity (Wildman–Crippen MR) is 64.0 cm³/mol. The summed E-state index contributed by atoms with van der Waals surface area (Å²) in [7, 11) is 0. The first kappa shape index (κ1) is 13.0. The number of ether oxygens (including phenoxy) is 1. The van der Waals surface area contributed by atoms with Gasteiger partial charge in [0.25, 0.3) is 0 Å². The first-order valence-corrected chi connectivity index (χ1v) is 5.80. The van der Waals surface area contributed by atoms with Crippen molar-refractivity contribution in [3.8, 4) is 5.75 Å². The third kappa shape index (κ3) is 3.20. The van der Waals surface area contributed by atoms with E-state index in [2.05, 4.69) is 13.8 Å². The van der Waals surface area contributed by atoms with Crippen molar-refractivity contribution in [1.29, 1.82) is 0 Å². The molecule has 0 heterocycles. The van der Waals surface area contributed by atoms with Gasteiger partial charge in [0.1, 0.15) is 11.6 Å². The molecule has 1 rings (SSSR count). The molecule has 0 radical (unpaired) electrons. The Morgan fingerprint density at radius 3 is 2.44 bits per heavy atom. The topological polar surface area (TPSA) is 35.2 Å². The van der Waals surface area contributed by atoms with Gasteiger partial charge in [-0.3, -0.25) is 0 Å². The van der Waals surface area contributed by atoms with Gasteiger partial charge in [0.15, 0.2) is 0 Å². The van der Waals surface area contributed by atoms with Crippen molar-refractivity contribution < 1.29 is 9.13 Å². The van der Waals surface area contributed by atoms with Crippen molar-refractivity contribution in [1.82, 2.24) is 0 Å². The molecule has 1 atom stereocenters. The molecule has 0 saturated carbocycles. The van der Waals surface area contributed by atoms with E-state index < -0.39 is 0 Å². The van der Waals surface area contributed by atoms with Gasteiger partial charge in [-0.25, -0.2) is 4.39 Å². The fourth-order valence-electron chi connectivity index (χ4n) is 1.62. The second-order valence-corrected chi connectivity index (χ2v) is 4.03. The van der Waals surface area contributed by atoms with Crippen molar-refractivity contribution in [3.05, 3.63) is 29.6 Å². The Morgan fingerprint density at radius 2 is 1.94 bits per heavy atom. The van der Waals surface area contributed by atoms with Crippen LogP contribution in [0.4, 0.5) is 4.39 Å². The number of hydrogen-bond donors (Lipinski definition) is 1. The normalized spacial score (nSPS) is 12.9. The summed E-state index contributed by atoms with van der Waals surface area (Å²) < 4.78 is 18.9. The molecule has 0 fully saturated rings. The van der Waals surface area contributed by atoms with Crippen molar-refractivity contribution in [2.45, 2.75) is 45.8 Å². The molecule has 0 aliphatic heterocycles. The lowest BCUT2D eigenvalue weighted by atomic mass is 10.1. The van der Waals surface area contributed by atoms with Crippen molar-refractivity contribution in [3.63, 3.8) is 0 Å². The van der Waals surface area contributed by atoms with E-state index in [1.165, 1.54) is 12.1 Å². The highest BCUT2D eigenvalue weighted by molar-refractivity contribution is 5.36. The molecular formula is C13H20FNO. The molecule has 1 aromatic rings. The van der Waals surface area contributed by atoms with E-state index in [9.17, 15) is 4.39 Å². The number of benzene rings is 1. The highest BCUT2D eigenvalue weighted by Crippen LogP contribution is 2.26. The third-order valence-electron chi connectivity index (χ3n) is 2.67. The number of nitrogens with two attached hydrogens (primary N) is 1. The Labute approximate surface area is 96.6 Å². The summed E-state index contributed by atoms with van der Waals surface area (Å²) >= 11 is 0. The van der Waals surface area contributed by atoms with Gasteiger partial charge in [0, 0.05) is 11.6 Å². The Bertz CT molecular complexity index is 335. The molecule has 3 heteroatoms. The van der Waals surface area contributed by atoms with E-state index in [1.54, 1.807) is 6.07 Å². The molecule has 0 saturated heterocycles. The van der Waals surface area contributed by atoms with Crippen LogP contribution in [0.1, 0.15) is 45.2 Å². The average molecular weight is 225 g/mol. The van der Waals surface area contributed by atoms with Gasteiger partial charge >= 0.3 is 0 Å². The molecule has 0 unspecified atom stereocenters. The summed E-state index contributed by atoms with van der Waals surface area (Å²) in [5.74, 6) is 0.425. The van der Waals surface area contributed by atoms with E-state index in [-0.39, 0.29) is 18.0 Å². The second-order valence-electron chi connectivity index (χ2n) is 4.03. The summed E-state index contributed by atoms with van der Waals surface area (Å²) in [4.78, 5) is 0. The maximum atomic E-state index is 13.1. The Kier molecular flexibility index (Phi) is 4.74. The van der Waals surface area contributed by atoms with Crippen LogP contribution in [0.3, 0.4) is 0 Å². The van der Waals surface area contributed by atoms with Crippen molar-refractivity contribution in [2.75, 3.05) is 0 Å². The van der Waals surface area contributed by atoms with E-state index in [1.807, 2.05) is 6.92 Å². The van der Waals surface area contributed by atoms with Crippen LogP contribution in [-0.2, 0) is 0 Å². The Morgan fingerprint density at radius 1 is 1.31 bits per heavy atom. The lowest BCUT2D eigenvalue weighted by molar-refractivity contribution is 0.190. The largest absolute Gasteiger partial charge is 0.490 e. The highest BCUT2D eigenvalue weighted by atomic mass is 19.1. The van der Waals surface area contributed by atoms with Crippen LogP contribution in [0.15, 0.2) is 18.2 Å². The molecule has 0 aliphatic carbocycles. The fraction of sp³-hybridized carbons (Fsp3) is 0.538. The zero-order valence-electron chi connectivity index (χ0n) is 10.2. The van der Waals surface area contributed by atoms with Gasteiger partial charge in [-0.2, -0.15) is 0 Å². The van der Waals surface area contributed by atoms with E-state index >= 15 is 0 Å². The molecule has 1 aromatic carbocycles. The molecule has 90 valence electrons. The van der Waals surface area contributed by atoms with E-state index in [4.69, 9.17) is 10.5 Å². The van der Waals surface area contributed by atoms with Crippen LogP contribution in [0, 0.1) is 5.82 Å². The maximum Gasteiger partial charge on any atom is 0.124 e. The van der Waals surface area contributed by atoms with Gasteiger partial charge in [-0.05, 0) is 38.0 Å². The molecule has 2 N–H and O–H groups in total. The zero-order valence-corrected chi connectivity index (χ0v) is 10.2. The Hall–Kier alpha value is -1.09. The van der Waals surface area contributed by atoms with Gasteiger partial charge in [-0.1, -0.05) is 13.8 Å². The van der Waals surface area contributed by atoms with Gasteiger partial charge in [0.05, 0.1) is 6.10 Å². The van der Waals surface area contributed by atoms with Crippen LogP contribution in [0.25, 0.3) is 0 Å². The number of halogens is 1. The van der Waals surface area contributed by atoms with Crippen LogP contribution >= 0.6 is 0 Å². The van der Waals surface area contributed by atoms with Gasteiger partial charge in [-0.15, -0.1) is 0 Å². The van der Waals surface area contributed by atoms with Gasteiger partial charge in [0.2, 0.25) is 0 Å². The zero-order chi connectivity index (χ0) is 12.1. The van der Waals surface area contributed by atoms with Crippen molar-refractivity contribution in [2.24, 2.45) is 5.73 Å². The Balaban J connectivity index is 2.94. The van der Waals surface area contributed by atoms with E-state index in [0.29, 0.717) is 5.75 Å². The summed E-state index contributed by atoms with van der Waals surface area (Å²) in [6, 6.07) is 4.29. The third-order valence-corrected chi connectivity index (χ3v) is 2.67. The monoisotopic (exact) mass is 225 g/mol. The quantitative estimate of drug-likeness (QED) is 0.833. The van der Waals surface area contributed by atoms with Crippen LogP contribution in [0.2, 0.25) is 0 Å². The maximum absolute atomic E-state index is 13.1. The first-order chi connectivity index (χ1) is 7.58. The molecule has 2 nitrogen and oxygen atoms in total. The van der Waals surface area contributed by atoms with E-state index in [0.717, 1.165) is 18.4 Å². The van der Waals surface area contributed by atoms with Crippen LogP contribution in [-0.4, -0.2) is 6.10 Å². The lowest BCUT2D eigenvalue weighted by Gasteiger charge is -2.19. The molecule has 0 aliphatic rings. The molecule has 0 bridgehead atoms. The molecule has 0 spiro atoms. The number of hydrogen-bond acceptors (Lipinski definition) is 2. The summed E-state index contributed by atoms with van der Waals surface area (Å²) in [6.45, 7) is 5.97. The second kappa shape index (κ2) is 5.85. The minimum absolute atomic E-state index is 0.169. The van der Waals surface area contributed by atoms with Crippen molar-refractivity contribution >= 4 is 0 Å². The summed E-state index contributed by atoms with van der Waals surface area (Å²) in [5.41, 5.74) is 6.52.